The van der Waals surface area contributed by atoms with Gasteiger partial charge in [-0.05, 0) is 37.6 Å². The quantitative estimate of drug-likeness (QED) is 0.387. The van der Waals surface area contributed by atoms with Crippen LogP contribution in [-0.2, 0) is 0 Å². The molecule has 1 N–H and O–H groups in total. The zero-order valence-electron chi connectivity index (χ0n) is 15.3. The maximum absolute atomic E-state index is 4.41. The van der Waals surface area contributed by atoms with Crippen molar-refractivity contribution in [3.05, 3.63) is 0 Å². The van der Waals surface area contributed by atoms with Gasteiger partial charge in [0, 0.05) is 40.3 Å². The number of rotatable bonds is 7. The Balaban J connectivity index is 0.00000441. The first-order valence-electron chi connectivity index (χ1n) is 8.70. The lowest BCUT2D eigenvalue weighted by Gasteiger charge is -2.34. The van der Waals surface area contributed by atoms with E-state index in [2.05, 4.69) is 47.9 Å². The molecule has 1 unspecified atom stereocenters. The van der Waals surface area contributed by atoms with E-state index in [0.717, 1.165) is 30.9 Å². The summed E-state index contributed by atoms with van der Waals surface area (Å²) in [5.41, 5.74) is 0. The predicted octanol–water partition coefficient (Wildman–Crippen LogP) is 3.28. The number of halogens is 1. The molecule has 0 saturated carbocycles. The number of nitrogens with one attached hydrogen (secondary N) is 1. The third-order valence-electron chi connectivity index (χ3n) is 4.20. The van der Waals surface area contributed by atoms with Crippen LogP contribution in [0, 0.1) is 11.8 Å². The van der Waals surface area contributed by atoms with Gasteiger partial charge in [0.25, 0.3) is 0 Å². The summed E-state index contributed by atoms with van der Waals surface area (Å²) in [6.45, 7) is 12.7. The van der Waals surface area contributed by atoms with Crippen LogP contribution in [0.15, 0.2) is 4.99 Å². The van der Waals surface area contributed by atoms with Gasteiger partial charge in [-0.2, -0.15) is 0 Å². The molecule has 132 valence electrons. The van der Waals surface area contributed by atoms with E-state index in [9.17, 15) is 0 Å². The molecule has 0 amide bonds. The fourth-order valence-electron chi connectivity index (χ4n) is 3.12. The Bertz CT molecular complexity index is 307. The number of unbranched alkanes of at least 4 members (excludes halogenated alkanes) is 1. The number of piperidine rings is 1. The lowest BCUT2D eigenvalue weighted by atomic mass is 9.97. The first-order chi connectivity index (χ1) is 10.1. The summed E-state index contributed by atoms with van der Waals surface area (Å²) >= 11 is 0. The average molecular weight is 424 g/mol. The highest BCUT2D eigenvalue weighted by molar-refractivity contribution is 14.0. The maximum Gasteiger partial charge on any atom is 0.193 e. The normalized spacial score (nSPS) is 19.9. The Hall–Kier alpha value is -0.0400. The number of likely N-dealkylation sites (tertiary alicyclic amines) is 1. The minimum absolute atomic E-state index is 0. The SMILES string of the molecule is CCCCN(C)C(=NC)NCC1CCCN(CC(C)C)C1.I. The van der Waals surface area contributed by atoms with Crippen LogP contribution in [0.2, 0.25) is 0 Å². The Morgan fingerprint density at radius 1 is 1.41 bits per heavy atom. The predicted molar refractivity (Wildman–Crippen MR) is 108 cm³/mol. The molecule has 0 spiro atoms. The highest BCUT2D eigenvalue weighted by Gasteiger charge is 2.20. The Morgan fingerprint density at radius 2 is 2.14 bits per heavy atom. The highest BCUT2D eigenvalue weighted by atomic mass is 127. The minimum Gasteiger partial charge on any atom is -0.356 e. The second kappa shape index (κ2) is 12.4. The zero-order chi connectivity index (χ0) is 15.7. The molecule has 0 aromatic rings. The smallest absolute Gasteiger partial charge is 0.193 e. The average Bonchev–Trinajstić information content (AvgIpc) is 2.45. The van der Waals surface area contributed by atoms with E-state index < -0.39 is 0 Å². The first kappa shape index (κ1) is 22.0. The van der Waals surface area contributed by atoms with Crippen molar-refractivity contribution in [2.45, 2.75) is 46.5 Å². The molecule has 1 aliphatic heterocycles. The van der Waals surface area contributed by atoms with Crippen LogP contribution in [0.25, 0.3) is 0 Å². The summed E-state index contributed by atoms with van der Waals surface area (Å²) in [6.07, 6.45) is 5.14. The van der Waals surface area contributed by atoms with Gasteiger partial charge in [-0.1, -0.05) is 27.2 Å². The van der Waals surface area contributed by atoms with E-state index in [1.165, 1.54) is 45.3 Å². The lowest BCUT2D eigenvalue weighted by Crippen LogP contribution is -2.45. The largest absolute Gasteiger partial charge is 0.356 e. The van der Waals surface area contributed by atoms with Crippen LogP contribution >= 0.6 is 24.0 Å². The molecule has 1 atom stereocenters. The van der Waals surface area contributed by atoms with Gasteiger partial charge in [-0.15, -0.1) is 24.0 Å². The molecular formula is C17H37IN4. The van der Waals surface area contributed by atoms with E-state index in [1.807, 2.05) is 7.05 Å². The van der Waals surface area contributed by atoms with E-state index in [-0.39, 0.29) is 24.0 Å². The molecule has 4 nitrogen and oxygen atoms in total. The van der Waals surface area contributed by atoms with Crippen LogP contribution in [-0.4, -0.2) is 62.6 Å². The van der Waals surface area contributed by atoms with Crippen molar-refractivity contribution in [3.63, 3.8) is 0 Å². The van der Waals surface area contributed by atoms with Crippen LogP contribution in [0.4, 0.5) is 0 Å². The van der Waals surface area contributed by atoms with Crippen LogP contribution in [0.5, 0.6) is 0 Å². The molecule has 1 heterocycles. The summed E-state index contributed by atoms with van der Waals surface area (Å²) in [4.78, 5) is 9.29. The molecule has 0 aromatic carbocycles. The minimum atomic E-state index is 0. The van der Waals surface area contributed by atoms with Crippen molar-refractivity contribution in [2.24, 2.45) is 16.8 Å². The monoisotopic (exact) mass is 424 g/mol. The van der Waals surface area contributed by atoms with Gasteiger partial charge in [0.15, 0.2) is 5.96 Å². The Labute approximate surface area is 155 Å². The molecule has 1 fully saturated rings. The molecule has 5 heteroatoms. The third kappa shape index (κ3) is 8.56. The van der Waals surface area contributed by atoms with E-state index >= 15 is 0 Å². The number of hydrogen-bond acceptors (Lipinski definition) is 2. The van der Waals surface area contributed by atoms with Crippen molar-refractivity contribution < 1.29 is 0 Å². The molecule has 0 radical (unpaired) electrons. The summed E-state index contributed by atoms with van der Waals surface area (Å²) < 4.78 is 0. The molecule has 1 rings (SSSR count). The molecule has 22 heavy (non-hydrogen) atoms. The van der Waals surface area contributed by atoms with Gasteiger partial charge in [0.05, 0.1) is 0 Å². The van der Waals surface area contributed by atoms with E-state index in [1.54, 1.807) is 0 Å². The third-order valence-corrected chi connectivity index (χ3v) is 4.20. The standard InChI is InChI=1S/C17H36N4.HI/c1-6-7-10-20(5)17(18-4)19-12-16-9-8-11-21(14-16)13-15(2)3;/h15-16H,6-14H2,1-5H3,(H,18,19);1H. The van der Waals surface area contributed by atoms with Gasteiger partial charge in [-0.3, -0.25) is 4.99 Å². The molecule has 1 aliphatic rings. The summed E-state index contributed by atoms with van der Waals surface area (Å²) in [5.74, 6) is 2.57. The van der Waals surface area contributed by atoms with E-state index in [4.69, 9.17) is 0 Å². The number of nitrogens with zero attached hydrogens (tertiary/aromatic N) is 3. The topological polar surface area (TPSA) is 30.9 Å². The number of guanidine groups is 1. The van der Waals surface area contributed by atoms with Crippen LogP contribution in [0.1, 0.15) is 46.5 Å². The van der Waals surface area contributed by atoms with Crippen molar-refractivity contribution in [1.29, 1.82) is 0 Å². The van der Waals surface area contributed by atoms with Gasteiger partial charge < -0.3 is 15.1 Å². The summed E-state index contributed by atoms with van der Waals surface area (Å²) in [6, 6.07) is 0. The fourth-order valence-corrected chi connectivity index (χ4v) is 3.12. The number of aliphatic imine (C=N–C) groups is 1. The zero-order valence-corrected chi connectivity index (χ0v) is 17.6. The summed E-state index contributed by atoms with van der Waals surface area (Å²) in [7, 11) is 4.02. The van der Waals surface area contributed by atoms with Crippen LogP contribution in [0.3, 0.4) is 0 Å². The molecule has 1 saturated heterocycles. The molecular weight excluding hydrogens is 387 g/mol. The summed E-state index contributed by atoms with van der Waals surface area (Å²) in [5, 5.41) is 3.57. The molecule has 0 aliphatic carbocycles. The van der Waals surface area contributed by atoms with E-state index in [0.29, 0.717) is 0 Å². The lowest BCUT2D eigenvalue weighted by molar-refractivity contribution is 0.159. The Morgan fingerprint density at radius 3 is 2.73 bits per heavy atom. The second-order valence-corrected chi connectivity index (χ2v) is 6.86. The van der Waals surface area contributed by atoms with Gasteiger partial charge >= 0.3 is 0 Å². The van der Waals surface area contributed by atoms with Gasteiger partial charge in [0.2, 0.25) is 0 Å². The Kier molecular flexibility index (Phi) is 12.4. The maximum atomic E-state index is 4.41. The van der Waals surface area contributed by atoms with Gasteiger partial charge in [0.1, 0.15) is 0 Å². The fraction of sp³-hybridized carbons (Fsp3) is 0.941. The first-order valence-corrected chi connectivity index (χ1v) is 8.70. The highest BCUT2D eigenvalue weighted by Crippen LogP contribution is 2.16. The van der Waals surface area contributed by atoms with Crippen molar-refractivity contribution in [1.82, 2.24) is 15.1 Å². The van der Waals surface area contributed by atoms with Gasteiger partial charge in [-0.25, -0.2) is 0 Å². The van der Waals surface area contributed by atoms with Crippen molar-refractivity contribution in [3.8, 4) is 0 Å². The second-order valence-electron chi connectivity index (χ2n) is 6.86. The molecule has 0 bridgehead atoms. The van der Waals surface area contributed by atoms with Crippen LogP contribution < -0.4 is 5.32 Å². The molecule has 0 aromatic heterocycles. The van der Waals surface area contributed by atoms with Crippen molar-refractivity contribution in [2.75, 3.05) is 46.8 Å². The van der Waals surface area contributed by atoms with Crippen molar-refractivity contribution >= 4 is 29.9 Å². The number of hydrogen-bond donors (Lipinski definition) is 1.